The molecule has 3 aromatic rings. The topological polar surface area (TPSA) is 82.3 Å². The minimum atomic E-state index is -0.275. The Bertz CT molecular complexity index is 1020. The molecule has 0 spiro atoms. The molecule has 0 saturated heterocycles. The maximum absolute atomic E-state index is 12.8. The number of benzene rings is 3. The lowest BCUT2D eigenvalue weighted by Crippen LogP contribution is -2.40. The first kappa shape index (κ1) is 26.0. The SMILES string of the molecule is CCCNCCNC(=O)CC[C@H](Cc1ccccc1)NC(=O)Nc1ccc(-c2ccccc2)cc1. The quantitative estimate of drug-likeness (QED) is 0.265. The summed E-state index contributed by atoms with van der Waals surface area (Å²) in [5, 5.41) is 12.2. The van der Waals surface area contributed by atoms with Gasteiger partial charge in [-0.15, -0.1) is 0 Å². The molecule has 6 nitrogen and oxygen atoms in total. The van der Waals surface area contributed by atoms with Crippen LogP contribution in [0, 0.1) is 0 Å². The molecule has 0 aromatic heterocycles. The Kier molecular flexibility index (Phi) is 10.8. The van der Waals surface area contributed by atoms with Gasteiger partial charge in [-0.25, -0.2) is 4.79 Å². The first-order chi connectivity index (χ1) is 17.1. The standard InChI is InChI=1S/C29H36N4O2/c1-2-19-30-20-21-31-28(34)18-17-27(22-23-9-5-3-6-10-23)33-29(35)32-26-15-13-25(14-16-26)24-11-7-4-8-12-24/h3-16,27,30H,2,17-22H2,1H3,(H,31,34)(H2,32,33,35)/t27-/m1/s1. The fourth-order valence-electron chi connectivity index (χ4n) is 3.84. The molecular formula is C29H36N4O2. The van der Waals surface area contributed by atoms with E-state index in [4.69, 9.17) is 0 Å². The predicted molar refractivity (Wildman–Crippen MR) is 143 cm³/mol. The van der Waals surface area contributed by atoms with Crippen molar-refractivity contribution in [1.82, 2.24) is 16.0 Å². The van der Waals surface area contributed by atoms with E-state index in [-0.39, 0.29) is 18.0 Å². The molecule has 0 aliphatic heterocycles. The third-order valence-corrected chi connectivity index (χ3v) is 5.68. The summed E-state index contributed by atoms with van der Waals surface area (Å²) in [4.78, 5) is 25.0. The van der Waals surface area contributed by atoms with Crippen molar-refractivity contribution in [3.8, 4) is 11.1 Å². The molecule has 184 valence electrons. The summed E-state index contributed by atoms with van der Waals surface area (Å²) in [6, 6.07) is 27.5. The van der Waals surface area contributed by atoms with Gasteiger partial charge in [-0.1, -0.05) is 79.7 Å². The van der Waals surface area contributed by atoms with Crippen LogP contribution >= 0.6 is 0 Å². The Morgan fingerprint density at radius 3 is 2.11 bits per heavy atom. The average Bonchev–Trinajstić information content (AvgIpc) is 2.89. The average molecular weight is 473 g/mol. The summed E-state index contributed by atoms with van der Waals surface area (Å²) in [7, 11) is 0. The van der Waals surface area contributed by atoms with Crippen molar-refractivity contribution < 1.29 is 9.59 Å². The minimum Gasteiger partial charge on any atom is -0.355 e. The van der Waals surface area contributed by atoms with E-state index in [1.54, 1.807) is 0 Å². The first-order valence-electron chi connectivity index (χ1n) is 12.4. The Morgan fingerprint density at radius 2 is 1.43 bits per heavy atom. The van der Waals surface area contributed by atoms with Crippen molar-refractivity contribution >= 4 is 17.6 Å². The smallest absolute Gasteiger partial charge is 0.319 e. The van der Waals surface area contributed by atoms with Crippen LogP contribution < -0.4 is 21.3 Å². The van der Waals surface area contributed by atoms with E-state index >= 15 is 0 Å². The highest BCUT2D eigenvalue weighted by Crippen LogP contribution is 2.21. The van der Waals surface area contributed by atoms with Crippen LogP contribution in [0.5, 0.6) is 0 Å². The summed E-state index contributed by atoms with van der Waals surface area (Å²) in [6.45, 7) is 4.43. The van der Waals surface area contributed by atoms with Crippen molar-refractivity contribution in [3.05, 3.63) is 90.5 Å². The van der Waals surface area contributed by atoms with Gasteiger partial charge in [-0.05, 0) is 54.6 Å². The van der Waals surface area contributed by atoms with Crippen LogP contribution in [-0.2, 0) is 11.2 Å². The summed E-state index contributed by atoms with van der Waals surface area (Å²) >= 11 is 0. The predicted octanol–water partition coefficient (Wildman–Crippen LogP) is 4.98. The van der Waals surface area contributed by atoms with E-state index in [2.05, 4.69) is 40.3 Å². The molecule has 0 aliphatic carbocycles. The van der Waals surface area contributed by atoms with Gasteiger partial charge in [0.25, 0.3) is 0 Å². The molecule has 1 atom stereocenters. The summed E-state index contributed by atoms with van der Waals surface area (Å²) in [5.41, 5.74) is 4.06. The Morgan fingerprint density at radius 1 is 0.771 bits per heavy atom. The molecule has 4 N–H and O–H groups in total. The molecule has 3 aromatic carbocycles. The van der Waals surface area contributed by atoms with Gasteiger partial charge in [-0.3, -0.25) is 4.79 Å². The number of nitrogens with one attached hydrogen (secondary N) is 4. The fraction of sp³-hybridized carbons (Fsp3) is 0.310. The van der Waals surface area contributed by atoms with Gasteiger partial charge in [0.2, 0.25) is 5.91 Å². The largest absolute Gasteiger partial charge is 0.355 e. The summed E-state index contributed by atoms with van der Waals surface area (Å²) in [5.74, 6) is 0.0000640. The Labute approximate surface area is 208 Å². The zero-order valence-corrected chi connectivity index (χ0v) is 20.4. The fourth-order valence-corrected chi connectivity index (χ4v) is 3.84. The highest BCUT2D eigenvalue weighted by Gasteiger charge is 2.15. The Balaban J connectivity index is 1.53. The lowest BCUT2D eigenvalue weighted by molar-refractivity contribution is -0.121. The molecule has 3 amide bonds. The number of hydrogen-bond donors (Lipinski definition) is 4. The number of urea groups is 1. The normalized spacial score (nSPS) is 11.5. The molecule has 0 heterocycles. The highest BCUT2D eigenvalue weighted by molar-refractivity contribution is 5.89. The second-order valence-corrected chi connectivity index (χ2v) is 8.57. The van der Waals surface area contributed by atoms with Crippen molar-refractivity contribution in [2.24, 2.45) is 0 Å². The van der Waals surface area contributed by atoms with Crippen molar-refractivity contribution in [2.75, 3.05) is 25.0 Å². The lowest BCUT2D eigenvalue weighted by Gasteiger charge is -2.19. The molecule has 6 heteroatoms. The van der Waals surface area contributed by atoms with Crippen molar-refractivity contribution in [2.45, 2.75) is 38.6 Å². The van der Waals surface area contributed by atoms with E-state index in [0.29, 0.717) is 25.8 Å². The number of carbonyl (C=O) groups excluding carboxylic acids is 2. The summed E-state index contributed by atoms with van der Waals surface area (Å²) in [6.07, 6.45) is 2.65. The lowest BCUT2D eigenvalue weighted by atomic mass is 10.0. The van der Waals surface area contributed by atoms with Crippen molar-refractivity contribution in [3.63, 3.8) is 0 Å². The molecular weight excluding hydrogens is 436 g/mol. The zero-order chi connectivity index (χ0) is 24.7. The molecule has 0 fully saturated rings. The van der Waals surface area contributed by atoms with Crippen LogP contribution in [0.25, 0.3) is 11.1 Å². The minimum absolute atomic E-state index is 0.0000640. The van der Waals surface area contributed by atoms with Gasteiger partial charge in [0.15, 0.2) is 0 Å². The molecule has 0 saturated carbocycles. The Hall–Kier alpha value is -3.64. The summed E-state index contributed by atoms with van der Waals surface area (Å²) < 4.78 is 0. The van der Waals surface area contributed by atoms with E-state index < -0.39 is 0 Å². The molecule has 3 rings (SSSR count). The van der Waals surface area contributed by atoms with Crippen LogP contribution in [0.2, 0.25) is 0 Å². The van der Waals surface area contributed by atoms with Crippen molar-refractivity contribution in [1.29, 1.82) is 0 Å². The van der Waals surface area contributed by atoms with Crippen LogP contribution in [0.3, 0.4) is 0 Å². The van der Waals surface area contributed by atoms with Gasteiger partial charge >= 0.3 is 6.03 Å². The number of rotatable bonds is 13. The van der Waals surface area contributed by atoms with Gasteiger partial charge < -0.3 is 21.3 Å². The first-order valence-corrected chi connectivity index (χ1v) is 12.4. The number of carbonyl (C=O) groups is 2. The van der Waals surface area contributed by atoms with Crippen LogP contribution in [0.15, 0.2) is 84.9 Å². The number of amides is 3. The van der Waals surface area contributed by atoms with Gasteiger partial charge in [0.1, 0.15) is 0 Å². The van der Waals surface area contributed by atoms with Crippen LogP contribution in [-0.4, -0.2) is 37.6 Å². The molecule has 0 bridgehead atoms. The second kappa shape index (κ2) is 14.6. The number of anilines is 1. The molecule has 35 heavy (non-hydrogen) atoms. The molecule has 0 aliphatic rings. The van der Waals surface area contributed by atoms with Crippen LogP contribution in [0.4, 0.5) is 10.5 Å². The van der Waals surface area contributed by atoms with E-state index in [1.807, 2.05) is 72.8 Å². The van der Waals surface area contributed by atoms with Gasteiger partial charge in [0, 0.05) is 31.2 Å². The van der Waals surface area contributed by atoms with E-state index in [0.717, 1.165) is 41.9 Å². The second-order valence-electron chi connectivity index (χ2n) is 8.57. The highest BCUT2D eigenvalue weighted by atomic mass is 16.2. The van der Waals surface area contributed by atoms with Gasteiger partial charge in [0.05, 0.1) is 0 Å². The molecule has 0 radical (unpaired) electrons. The zero-order valence-electron chi connectivity index (χ0n) is 20.4. The molecule has 0 unspecified atom stereocenters. The van der Waals surface area contributed by atoms with E-state index in [9.17, 15) is 9.59 Å². The maximum Gasteiger partial charge on any atom is 0.319 e. The van der Waals surface area contributed by atoms with Crippen LogP contribution in [0.1, 0.15) is 31.7 Å². The third kappa shape index (κ3) is 9.63. The monoisotopic (exact) mass is 472 g/mol. The van der Waals surface area contributed by atoms with E-state index in [1.165, 1.54) is 0 Å². The maximum atomic E-state index is 12.8. The van der Waals surface area contributed by atoms with Gasteiger partial charge in [-0.2, -0.15) is 0 Å². The number of hydrogen-bond acceptors (Lipinski definition) is 3. The third-order valence-electron chi connectivity index (χ3n) is 5.68.